The average Bonchev–Trinajstić information content (AvgIpc) is 2.55. The van der Waals surface area contributed by atoms with Crippen LogP contribution in [0.25, 0.3) is 0 Å². The number of ether oxygens (including phenoxy) is 1. The van der Waals surface area contributed by atoms with Gasteiger partial charge < -0.3 is 15.4 Å². The van der Waals surface area contributed by atoms with E-state index in [9.17, 15) is 4.79 Å². The maximum absolute atomic E-state index is 11.7. The molecule has 0 aliphatic carbocycles. The molecule has 0 fully saturated rings. The van der Waals surface area contributed by atoms with Gasteiger partial charge in [0.2, 0.25) is 0 Å². The lowest BCUT2D eigenvalue weighted by molar-refractivity contribution is 0.0601. The zero-order chi connectivity index (χ0) is 18.6. The Balaban J connectivity index is 2.10. The molecule has 0 aromatic heterocycles. The van der Waals surface area contributed by atoms with Crippen LogP contribution in [0.2, 0.25) is 0 Å². The third kappa shape index (κ3) is 4.79. The minimum atomic E-state index is -0.370. The first-order valence-electron chi connectivity index (χ1n) is 8.15. The fourth-order valence-electron chi connectivity index (χ4n) is 2.75. The van der Waals surface area contributed by atoms with Gasteiger partial charge in [-0.2, -0.15) is 0 Å². The van der Waals surface area contributed by atoms with Gasteiger partial charge in [0.05, 0.1) is 18.7 Å². The van der Waals surface area contributed by atoms with Crippen LogP contribution in [0.15, 0.2) is 36.4 Å². The number of nitrogens with one attached hydrogen (secondary N) is 2. The monoisotopic (exact) mass is 356 g/mol. The van der Waals surface area contributed by atoms with Crippen LogP contribution >= 0.6 is 12.2 Å². The van der Waals surface area contributed by atoms with Crippen LogP contribution in [0, 0.1) is 20.8 Å². The number of anilines is 1. The Morgan fingerprint density at radius 2 is 1.80 bits per heavy atom. The Labute approximate surface area is 154 Å². The van der Waals surface area contributed by atoms with E-state index in [1.165, 1.54) is 23.8 Å². The molecule has 2 aromatic carbocycles. The third-order valence-corrected chi connectivity index (χ3v) is 4.37. The Morgan fingerprint density at radius 1 is 1.08 bits per heavy atom. The summed E-state index contributed by atoms with van der Waals surface area (Å²) in [6, 6.07) is 11.8. The summed E-state index contributed by atoms with van der Waals surface area (Å²) in [7, 11) is 1.37. The van der Waals surface area contributed by atoms with Gasteiger partial charge in [0, 0.05) is 5.69 Å². The molecule has 132 valence electrons. The van der Waals surface area contributed by atoms with Crippen molar-refractivity contribution in [3.63, 3.8) is 0 Å². The lowest BCUT2D eigenvalue weighted by Gasteiger charge is -2.20. The van der Waals surface area contributed by atoms with E-state index < -0.39 is 0 Å². The van der Waals surface area contributed by atoms with E-state index in [0.29, 0.717) is 10.7 Å². The van der Waals surface area contributed by atoms with Crippen molar-refractivity contribution >= 4 is 29.0 Å². The van der Waals surface area contributed by atoms with Crippen molar-refractivity contribution < 1.29 is 9.53 Å². The van der Waals surface area contributed by atoms with Crippen molar-refractivity contribution in [2.24, 2.45) is 0 Å². The fourth-order valence-corrected chi connectivity index (χ4v) is 3.03. The predicted molar refractivity (Wildman–Crippen MR) is 106 cm³/mol. The molecule has 5 heteroatoms. The SMILES string of the molecule is COC(=O)c1ccc(C)c(NC(=S)N[C@H](C)c2ccc(C)cc2C)c1. The van der Waals surface area contributed by atoms with Crippen LogP contribution in [0.1, 0.15) is 45.6 Å². The number of esters is 1. The maximum atomic E-state index is 11.7. The normalized spacial score (nSPS) is 11.6. The van der Waals surface area contributed by atoms with Gasteiger partial charge >= 0.3 is 5.97 Å². The number of hydrogen-bond acceptors (Lipinski definition) is 3. The molecule has 0 amide bonds. The van der Waals surface area contributed by atoms with Crippen molar-refractivity contribution in [2.45, 2.75) is 33.7 Å². The van der Waals surface area contributed by atoms with Gasteiger partial charge in [-0.05, 0) is 68.7 Å². The number of methoxy groups -OCH3 is 1. The molecule has 25 heavy (non-hydrogen) atoms. The number of carbonyl (C=O) groups is 1. The van der Waals surface area contributed by atoms with E-state index in [-0.39, 0.29) is 12.0 Å². The first-order valence-corrected chi connectivity index (χ1v) is 8.56. The van der Waals surface area contributed by atoms with Crippen LogP contribution in [0.5, 0.6) is 0 Å². The first kappa shape index (κ1) is 18.9. The van der Waals surface area contributed by atoms with Gasteiger partial charge in [-0.3, -0.25) is 0 Å². The summed E-state index contributed by atoms with van der Waals surface area (Å²) in [4.78, 5) is 11.7. The molecule has 2 N–H and O–H groups in total. The number of benzene rings is 2. The average molecular weight is 356 g/mol. The van der Waals surface area contributed by atoms with Gasteiger partial charge in [-0.1, -0.05) is 29.8 Å². The fraction of sp³-hybridized carbons (Fsp3) is 0.300. The third-order valence-electron chi connectivity index (χ3n) is 4.15. The molecule has 0 unspecified atom stereocenters. The van der Waals surface area contributed by atoms with E-state index >= 15 is 0 Å². The summed E-state index contributed by atoms with van der Waals surface area (Å²) >= 11 is 5.44. The highest BCUT2D eigenvalue weighted by atomic mass is 32.1. The highest BCUT2D eigenvalue weighted by molar-refractivity contribution is 7.80. The van der Waals surface area contributed by atoms with Crippen molar-refractivity contribution in [3.8, 4) is 0 Å². The highest BCUT2D eigenvalue weighted by Gasteiger charge is 2.12. The molecule has 4 nitrogen and oxygen atoms in total. The van der Waals surface area contributed by atoms with Crippen molar-refractivity contribution in [2.75, 3.05) is 12.4 Å². The summed E-state index contributed by atoms with van der Waals surface area (Å²) < 4.78 is 4.77. The summed E-state index contributed by atoms with van der Waals surface area (Å²) in [6.45, 7) is 8.21. The molecule has 0 bridgehead atoms. The second kappa shape index (κ2) is 8.12. The Morgan fingerprint density at radius 3 is 2.44 bits per heavy atom. The lowest BCUT2D eigenvalue weighted by atomic mass is 10.0. The quantitative estimate of drug-likeness (QED) is 0.626. The Kier molecular flexibility index (Phi) is 6.15. The summed E-state index contributed by atoms with van der Waals surface area (Å²) in [5.41, 5.74) is 5.94. The first-order chi connectivity index (χ1) is 11.8. The van der Waals surface area contributed by atoms with E-state index in [1.54, 1.807) is 12.1 Å². The van der Waals surface area contributed by atoms with Crippen molar-refractivity contribution in [1.82, 2.24) is 5.32 Å². The molecular weight excluding hydrogens is 332 g/mol. The molecule has 2 rings (SSSR count). The molecule has 0 spiro atoms. The molecular formula is C20H24N2O2S. The molecule has 1 atom stereocenters. The summed E-state index contributed by atoms with van der Waals surface area (Å²) in [6.07, 6.45) is 0. The molecule has 0 saturated carbocycles. The highest BCUT2D eigenvalue weighted by Crippen LogP contribution is 2.20. The number of aryl methyl sites for hydroxylation is 3. The van der Waals surface area contributed by atoms with E-state index in [4.69, 9.17) is 17.0 Å². The van der Waals surface area contributed by atoms with Crippen LogP contribution in [0.3, 0.4) is 0 Å². The molecule has 0 aliphatic heterocycles. The zero-order valence-electron chi connectivity index (χ0n) is 15.3. The number of hydrogen-bond donors (Lipinski definition) is 2. The second-order valence-corrected chi connectivity index (χ2v) is 6.61. The maximum Gasteiger partial charge on any atom is 0.337 e. The van der Waals surface area contributed by atoms with Crippen LogP contribution < -0.4 is 10.6 Å². The number of thiocarbonyl (C=S) groups is 1. The van der Waals surface area contributed by atoms with Gasteiger partial charge in [-0.15, -0.1) is 0 Å². The van der Waals surface area contributed by atoms with Gasteiger partial charge in [-0.25, -0.2) is 4.79 Å². The summed E-state index contributed by atoms with van der Waals surface area (Å²) in [5.74, 6) is -0.370. The van der Waals surface area contributed by atoms with E-state index in [1.807, 2.05) is 13.0 Å². The minimum absolute atomic E-state index is 0.0738. The minimum Gasteiger partial charge on any atom is -0.465 e. The van der Waals surface area contributed by atoms with Crippen molar-refractivity contribution in [1.29, 1.82) is 0 Å². The van der Waals surface area contributed by atoms with Gasteiger partial charge in [0.15, 0.2) is 5.11 Å². The van der Waals surface area contributed by atoms with Crippen LogP contribution in [-0.2, 0) is 4.74 Å². The molecule has 0 aliphatic rings. The Hall–Kier alpha value is -2.40. The number of carbonyl (C=O) groups excluding carboxylic acids is 1. The second-order valence-electron chi connectivity index (χ2n) is 6.20. The standard InChI is InChI=1S/C20H24N2O2S/c1-12-6-9-17(14(3)10-12)15(4)21-20(25)22-18-11-16(19(23)24-5)8-7-13(18)2/h6-11,15H,1-5H3,(H2,21,22,25)/t15-/m1/s1. The molecule has 0 saturated heterocycles. The van der Waals surface area contributed by atoms with Gasteiger partial charge in [0.25, 0.3) is 0 Å². The summed E-state index contributed by atoms with van der Waals surface area (Å²) in [5, 5.41) is 6.98. The Bertz CT molecular complexity index is 802. The van der Waals surface area contributed by atoms with Crippen molar-refractivity contribution in [3.05, 3.63) is 64.2 Å². The van der Waals surface area contributed by atoms with E-state index in [0.717, 1.165) is 11.3 Å². The predicted octanol–water partition coefficient (Wildman–Crippen LogP) is 4.45. The lowest BCUT2D eigenvalue weighted by Crippen LogP contribution is -2.31. The van der Waals surface area contributed by atoms with E-state index in [2.05, 4.69) is 49.6 Å². The number of rotatable bonds is 4. The van der Waals surface area contributed by atoms with Crippen LogP contribution in [-0.4, -0.2) is 18.2 Å². The topological polar surface area (TPSA) is 50.4 Å². The van der Waals surface area contributed by atoms with Crippen LogP contribution in [0.4, 0.5) is 5.69 Å². The molecule has 0 radical (unpaired) electrons. The smallest absolute Gasteiger partial charge is 0.337 e. The molecule has 0 heterocycles. The van der Waals surface area contributed by atoms with Gasteiger partial charge in [0.1, 0.15) is 0 Å². The zero-order valence-corrected chi connectivity index (χ0v) is 16.1. The largest absolute Gasteiger partial charge is 0.465 e. The molecule has 2 aromatic rings.